The maximum absolute atomic E-state index is 10.3. The molecule has 4 nitrogen and oxygen atoms in total. The number of nitrogens with one attached hydrogen (secondary N) is 1. The number of piperidine rings is 1. The Morgan fingerprint density at radius 2 is 2.21 bits per heavy atom. The summed E-state index contributed by atoms with van der Waals surface area (Å²) in [6, 6.07) is 8.71. The lowest BCUT2D eigenvalue weighted by Crippen LogP contribution is -2.43. The van der Waals surface area contributed by atoms with Gasteiger partial charge >= 0.3 is 0 Å². The molecular formula is C15H17N3O. The van der Waals surface area contributed by atoms with Crippen molar-refractivity contribution in [2.45, 2.75) is 18.6 Å². The van der Waals surface area contributed by atoms with Gasteiger partial charge in [-0.2, -0.15) is 0 Å². The first-order valence-electron chi connectivity index (χ1n) is 6.86. The van der Waals surface area contributed by atoms with Crippen LogP contribution in [0.15, 0.2) is 36.8 Å². The van der Waals surface area contributed by atoms with Crippen LogP contribution in [0.5, 0.6) is 0 Å². The van der Waals surface area contributed by atoms with Crippen LogP contribution in [0.3, 0.4) is 0 Å². The van der Waals surface area contributed by atoms with E-state index in [-0.39, 0.29) is 18.1 Å². The second-order valence-electron chi connectivity index (χ2n) is 5.44. The SMILES string of the molecule is O[C@@H]1CNCC[C@H]1C1c2ccccc2-c2cncn21. The minimum atomic E-state index is -0.292. The molecule has 0 radical (unpaired) electrons. The van der Waals surface area contributed by atoms with Crippen LogP contribution in [0.25, 0.3) is 11.3 Å². The third kappa shape index (κ3) is 1.57. The van der Waals surface area contributed by atoms with E-state index in [2.05, 4.69) is 39.1 Å². The summed E-state index contributed by atoms with van der Waals surface area (Å²) in [6.07, 6.45) is 4.53. The van der Waals surface area contributed by atoms with Crippen molar-refractivity contribution >= 4 is 0 Å². The highest BCUT2D eigenvalue weighted by Gasteiger charge is 2.38. The third-order valence-electron chi connectivity index (χ3n) is 4.43. The first-order valence-corrected chi connectivity index (χ1v) is 6.86. The first kappa shape index (κ1) is 11.2. The van der Waals surface area contributed by atoms with Crippen molar-refractivity contribution in [2.75, 3.05) is 13.1 Å². The molecule has 3 heterocycles. The van der Waals surface area contributed by atoms with Gasteiger partial charge in [-0.1, -0.05) is 24.3 Å². The fourth-order valence-corrected chi connectivity index (χ4v) is 3.54. The summed E-state index contributed by atoms with van der Waals surface area (Å²) in [5, 5.41) is 13.6. The van der Waals surface area contributed by atoms with Crippen molar-refractivity contribution in [1.29, 1.82) is 0 Å². The number of β-amino-alcohol motifs (C(OH)–C–C–N with tert-alkyl or cyclic N) is 1. The lowest BCUT2D eigenvalue weighted by molar-refractivity contribution is 0.0618. The molecule has 0 amide bonds. The van der Waals surface area contributed by atoms with E-state index in [0.29, 0.717) is 6.54 Å². The number of hydrogen-bond donors (Lipinski definition) is 2. The monoisotopic (exact) mass is 255 g/mol. The van der Waals surface area contributed by atoms with Gasteiger partial charge in [-0.15, -0.1) is 0 Å². The van der Waals surface area contributed by atoms with Crippen molar-refractivity contribution in [3.63, 3.8) is 0 Å². The largest absolute Gasteiger partial charge is 0.391 e. The molecule has 0 bridgehead atoms. The van der Waals surface area contributed by atoms with Gasteiger partial charge in [0.2, 0.25) is 0 Å². The van der Waals surface area contributed by atoms with Crippen LogP contribution < -0.4 is 5.32 Å². The minimum absolute atomic E-state index is 0.228. The van der Waals surface area contributed by atoms with Gasteiger partial charge in [-0.05, 0) is 18.5 Å². The van der Waals surface area contributed by atoms with Crippen molar-refractivity contribution < 1.29 is 5.11 Å². The zero-order valence-corrected chi connectivity index (χ0v) is 10.7. The highest BCUT2D eigenvalue weighted by atomic mass is 16.3. The molecule has 3 atom stereocenters. The van der Waals surface area contributed by atoms with E-state index in [1.165, 1.54) is 16.8 Å². The van der Waals surface area contributed by atoms with Gasteiger partial charge in [0.1, 0.15) is 0 Å². The van der Waals surface area contributed by atoms with E-state index >= 15 is 0 Å². The zero-order valence-electron chi connectivity index (χ0n) is 10.7. The number of rotatable bonds is 1. The average Bonchev–Trinajstić information content (AvgIpc) is 3.00. The molecule has 0 spiro atoms. The number of aliphatic hydroxyl groups is 1. The standard InChI is InChI=1S/C15H17N3O/c19-14-8-16-6-5-12(14)15-11-4-2-1-3-10(11)13-7-17-9-18(13)15/h1-4,7,9,12,14-16,19H,5-6,8H2/t12-,14-,15?/m1/s1. The molecule has 1 aromatic heterocycles. The molecular weight excluding hydrogens is 238 g/mol. The second-order valence-corrected chi connectivity index (χ2v) is 5.44. The summed E-state index contributed by atoms with van der Waals surface area (Å²) in [4.78, 5) is 4.28. The topological polar surface area (TPSA) is 50.1 Å². The van der Waals surface area contributed by atoms with E-state index in [4.69, 9.17) is 0 Å². The quantitative estimate of drug-likeness (QED) is 0.810. The Bertz CT molecular complexity index is 607. The fraction of sp³-hybridized carbons (Fsp3) is 0.400. The Kier molecular flexibility index (Phi) is 2.47. The number of hydrogen-bond acceptors (Lipinski definition) is 3. The van der Waals surface area contributed by atoms with Gasteiger partial charge in [-0.3, -0.25) is 0 Å². The van der Waals surface area contributed by atoms with Crippen LogP contribution >= 0.6 is 0 Å². The van der Waals surface area contributed by atoms with E-state index < -0.39 is 0 Å². The zero-order chi connectivity index (χ0) is 12.8. The molecule has 1 unspecified atom stereocenters. The highest BCUT2D eigenvalue weighted by Crippen LogP contribution is 2.44. The summed E-state index contributed by atoms with van der Waals surface area (Å²) < 4.78 is 2.23. The molecule has 0 saturated carbocycles. The van der Waals surface area contributed by atoms with Crippen LogP contribution in [0, 0.1) is 5.92 Å². The minimum Gasteiger partial charge on any atom is -0.391 e. The molecule has 1 aromatic carbocycles. The molecule has 2 aromatic rings. The van der Waals surface area contributed by atoms with Crippen molar-refractivity contribution in [3.8, 4) is 11.3 Å². The number of aromatic nitrogens is 2. The molecule has 98 valence electrons. The maximum Gasteiger partial charge on any atom is 0.0956 e. The summed E-state index contributed by atoms with van der Waals surface area (Å²) in [7, 11) is 0. The normalized spacial score (nSPS) is 29.0. The van der Waals surface area contributed by atoms with Crippen LogP contribution in [0.2, 0.25) is 0 Å². The third-order valence-corrected chi connectivity index (χ3v) is 4.43. The Hall–Kier alpha value is -1.65. The highest BCUT2D eigenvalue weighted by molar-refractivity contribution is 5.69. The average molecular weight is 255 g/mol. The molecule has 1 fully saturated rings. The van der Waals surface area contributed by atoms with E-state index in [1.54, 1.807) is 0 Å². The Morgan fingerprint density at radius 3 is 3.11 bits per heavy atom. The van der Waals surface area contributed by atoms with Gasteiger partial charge < -0.3 is 15.0 Å². The molecule has 2 aliphatic heterocycles. The van der Waals surface area contributed by atoms with Crippen molar-refractivity contribution in [3.05, 3.63) is 42.4 Å². The summed E-state index contributed by atoms with van der Waals surface area (Å²) >= 11 is 0. The maximum atomic E-state index is 10.3. The van der Waals surface area contributed by atoms with Gasteiger partial charge in [0.25, 0.3) is 0 Å². The molecule has 4 rings (SSSR count). The Labute approximate surface area is 112 Å². The molecule has 2 N–H and O–H groups in total. The summed E-state index contributed by atoms with van der Waals surface area (Å²) in [5.41, 5.74) is 3.76. The Morgan fingerprint density at radius 1 is 1.32 bits per heavy atom. The molecule has 4 heteroatoms. The predicted octanol–water partition coefficient (Wildman–Crippen LogP) is 1.42. The number of aliphatic hydroxyl groups excluding tert-OH is 1. The molecule has 1 saturated heterocycles. The molecule has 19 heavy (non-hydrogen) atoms. The van der Waals surface area contributed by atoms with Crippen molar-refractivity contribution in [1.82, 2.24) is 14.9 Å². The van der Waals surface area contributed by atoms with E-state index in [9.17, 15) is 5.11 Å². The van der Waals surface area contributed by atoms with Gasteiger partial charge in [0.05, 0.1) is 30.4 Å². The number of fused-ring (bicyclic) bond motifs is 3. The summed E-state index contributed by atoms with van der Waals surface area (Å²) in [5.74, 6) is 0.262. The van der Waals surface area contributed by atoms with Crippen LogP contribution in [0.1, 0.15) is 18.0 Å². The van der Waals surface area contributed by atoms with Crippen molar-refractivity contribution in [2.24, 2.45) is 5.92 Å². The van der Waals surface area contributed by atoms with Crippen LogP contribution in [-0.2, 0) is 0 Å². The smallest absolute Gasteiger partial charge is 0.0956 e. The van der Waals surface area contributed by atoms with Gasteiger partial charge in [-0.25, -0.2) is 4.98 Å². The number of imidazole rings is 1. The Balaban J connectivity index is 1.84. The van der Waals surface area contributed by atoms with E-state index in [1.807, 2.05) is 12.5 Å². The molecule has 2 aliphatic rings. The van der Waals surface area contributed by atoms with Crippen LogP contribution in [-0.4, -0.2) is 33.9 Å². The second kappa shape index (κ2) is 4.18. The lowest BCUT2D eigenvalue weighted by Gasteiger charge is -2.34. The van der Waals surface area contributed by atoms with Gasteiger partial charge in [0.15, 0.2) is 0 Å². The fourth-order valence-electron chi connectivity index (χ4n) is 3.54. The van der Waals surface area contributed by atoms with Crippen LogP contribution in [0.4, 0.5) is 0 Å². The summed E-state index contributed by atoms with van der Waals surface area (Å²) in [6.45, 7) is 1.66. The van der Waals surface area contributed by atoms with Gasteiger partial charge in [0, 0.05) is 18.0 Å². The molecule has 0 aliphatic carbocycles. The number of nitrogens with zero attached hydrogens (tertiary/aromatic N) is 2. The van der Waals surface area contributed by atoms with E-state index in [0.717, 1.165) is 13.0 Å². The predicted molar refractivity (Wildman–Crippen MR) is 72.8 cm³/mol. The lowest BCUT2D eigenvalue weighted by atomic mass is 9.84. The number of benzene rings is 1. The first-order chi connectivity index (χ1) is 9.36.